The van der Waals surface area contributed by atoms with E-state index in [2.05, 4.69) is 0 Å². The van der Waals surface area contributed by atoms with Crippen LogP contribution in [0.25, 0.3) is 0 Å². The largest absolute Gasteiger partial charge is 0.497 e. The Hall–Kier alpha value is -2.38. The van der Waals surface area contributed by atoms with Crippen molar-refractivity contribution < 1.29 is 24.2 Å². The average Bonchev–Trinajstić information content (AvgIpc) is 2.85. The van der Waals surface area contributed by atoms with Gasteiger partial charge in [0.05, 0.1) is 52.2 Å². The van der Waals surface area contributed by atoms with E-state index in [0.717, 1.165) is 11.1 Å². The minimum atomic E-state index is -1.18. The minimum absolute atomic E-state index is 0.0929. The van der Waals surface area contributed by atoms with E-state index in [1.807, 2.05) is 6.07 Å². The van der Waals surface area contributed by atoms with Gasteiger partial charge in [0.15, 0.2) is 0 Å². The summed E-state index contributed by atoms with van der Waals surface area (Å²) < 4.78 is 11.1. The molecule has 6 nitrogen and oxygen atoms in total. The van der Waals surface area contributed by atoms with Gasteiger partial charge in [-0.1, -0.05) is 64.6 Å². The molecular formula is C25H21Cl4NO5. The molecule has 184 valence electrons. The number of aliphatic carboxylic acids is 1. The summed E-state index contributed by atoms with van der Waals surface area (Å²) in [6.07, 6.45) is 3.17. The number of nitrogens with zero attached hydrogens (tertiary/aromatic N) is 1. The van der Waals surface area contributed by atoms with Crippen molar-refractivity contribution in [3.8, 4) is 11.5 Å². The number of ether oxygens (including phenoxy) is 2. The van der Waals surface area contributed by atoms with Gasteiger partial charge >= 0.3 is 5.97 Å². The maximum absolute atomic E-state index is 14.0. The zero-order valence-corrected chi connectivity index (χ0v) is 21.8. The van der Waals surface area contributed by atoms with Gasteiger partial charge in [-0.15, -0.1) is 0 Å². The third-order valence-corrected chi connectivity index (χ3v) is 7.85. The first-order valence-electron chi connectivity index (χ1n) is 10.6. The summed E-state index contributed by atoms with van der Waals surface area (Å²) in [5, 5.41) is 10.6. The highest BCUT2D eigenvalue weighted by Gasteiger charge is 2.42. The van der Waals surface area contributed by atoms with Gasteiger partial charge in [-0.05, 0) is 35.8 Å². The van der Waals surface area contributed by atoms with Crippen LogP contribution in [0.2, 0.25) is 10.0 Å². The Morgan fingerprint density at radius 1 is 1.00 bits per heavy atom. The monoisotopic (exact) mass is 555 g/mol. The molecule has 35 heavy (non-hydrogen) atoms. The van der Waals surface area contributed by atoms with E-state index in [-0.39, 0.29) is 15.1 Å². The Morgan fingerprint density at radius 3 is 2.31 bits per heavy atom. The summed E-state index contributed by atoms with van der Waals surface area (Å²) >= 11 is 25.3. The lowest BCUT2D eigenvalue weighted by atomic mass is 9.83. The lowest BCUT2D eigenvalue weighted by molar-refractivity contribution is -0.147. The summed E-state index contributed by atoms with van der Waals surface area (Å²) in [6, 6.07) is 8.12. The zero-order valence-electron chi connectivity index (χ0n) is 18.7. The minimum Gasteiger partial charge on any atom is -0.497 e. The van der Waals surface area contributed by atoms with Crippen LogP contribution >= 0.6 is 46.4 Å². The van der Waals surface area contributed by atoms with Crippen molar-refractivity contribution in [3.05, 3.63) is 79.3 Å². The summed E-state index contributed by atoms with van der Waals surface area (Å²) in [5.74, 6) is -2.72. The number of hydrogen-bond donors (Lipinski definition) is 1. The molecule has 1 N–H and O–H groups in total. The van der Waals surface area contributed by atoms with E-state index in [1.54, 1.807) is 36.3 Å². The van der Waals surface area contributed by atoms with E-state index in [4.69, 9.17) is 55.9 Å². The number of benzene rings is 2. The average molecular weight is 557 g/mol. The van der Waals surface area contributed by atoms with Crippen LogP contribution in [0.15, 0.2) is 52.5 Å². The lowest BCUT2D eigenvalue weighted by Crippen LogP contribution is -2.46. The summed E-state index contributed by atoms with van der Waals surface area (Å²) in [5.41, 5.74) is 2.23. The maximum atomic E-state index is 14.0. The molecule has 3 atom stereocenters. The van der Waals surface area contributed by atoms with Crippen LogP contribution in [0.5, 0.6) is 11.5 Å². The van der Waals surface area contributed by atoms with Crippen molar-refractivity contribution in [3.63, 3.8) is 0 Å². The second-order valence-electron chi connectivity index (χ2n) is 8.15. The normalized spacial score (nSPS) is 21.5. The molecule has 1 aliphatic carbocycles. The van der Waals surface area contributed by atoms with Crippen molar-refractivity contribution in [2.75, 3.05) is 20.8 Å². The number of hydrogen-bond acceptors (Lipinski definition) is 4. The first-order chi connectivity index (χ1) is 16.7. The summed E-state index contributed by atoms with van der Waals surface area (Å²) in [4.78, 5) is 27.6. The van der Waals surface area contributed by atoms with E-state index >= 15 is 0 Å². The Balaban J connectivity index is 1.90. The first-order valence-corrected chi connectivity index (χ1v) is 12.2. The second kappa shape index (κ2) is 10.3. The van der Waals surface area contributed by atoms with Gasteiger partial charge < -0.3 is 19.5 Å². The van der Waals surface area contributed by atoms with E-state index in [1.165, 1.54) is 19.3 Å². The van der Waals surface area contributed by atoms with Crippen LogP contribution in [-0.2, 0) is 16.0 Å². The zero-order chi connectivity index (χ0) is 25.4. The van der Waals surface area contributed by atoms with Crippen molar-refractivity contribution >= 4 is 58.3 Å². The molecule has 3 unspecified atom stereocenters. The fraction of sp³-hybridized carbons (Fsp3) is 0.280. The molecule has 0 aromatic heterocycles. The predicted octanol–water partition coefficient (Wildman–Crippen LogP) is 6.06. The molecule has 4 rings (SSSR count). The van der Waals surface area contributed by atoms with E-state index in [9.17, 15) is 14.7 Å². The molecule has 0 bridgehead atoms. The van der Waals surface area contributed by atoms with Gasteiger partial charge in [-0.3, -0.25) is 9.59 Å². The molecule has 2 aliphatic rings. The number of carboxylic acids is 1. The number of rotatable bonds is 5. The maximum Gasteiger partial charge on any atom is 0.311 e. The number of halogens is 4. The highest BCUT2D eigenvalue weighted by Crippen LogP contribution is 2.47. The van der Waals surface area contributed by atoms with E-state index in [0.29, 0.717) is 35.1 Å². The Bertz CT molecular complexity index is 1240. The van der Waals surface area contributed by atoms with Crippen LogP contribution in [0.3, 0.4) is 0 Å². The molecule has 0 saturated heterocycles. The Labute approximate surface area is 222 Å². The van der Waals surface area contributed by atoms with Gasteiger partial charge in [0, 0.05) is 18.2 Å². The van der Waals surface area contributed by atoms with Crippen LogP contribution < -0.4 is 9.47 Å². The number of methoxy groups -OCH3 is 2. The molecule has 1 heterocycles. The van der Waals surface area contributed by atoms with Gasteiger partial charge in [0.2, 0.25) is 5.91 Å². The number of allylic oxidation sites excluding steroid dienone is 2. The summed E-state index contributed by atoms with van der Waals surface area (Å²) in [7, 11) is 3.10. The number of fused-ring (bicyclic) bond motifs is 1. The molecule has 2 aromatic carbocycles. The molecule has 0 spiro atoms. The second-order valence-corrected chi connectivity index (χ2v) is 9.75. The number of carbonyl (C=O) groups excluding carboxylic acids is 1. The number of amides is 1. The fourth-order valence-electron chi connectivity index (χ4n) is 4.60. The van der Waals surface area contributed by atoms with Crippen LogP contribution in [-0.4, -0.2) is 42.6 Å². The molecule has 0 fully saturated rings. The molecule has 10 heteroatoms. The highest BCUT2D eigenvalue weighted by atomic mass is 35.5. The smallest absolute Gasteiger partial charge is 0.311 e. The van der Waals surface area contributed by atoms with E-state index < -0.39 is 29.8 Å². The third-order valence-electron chi connectivity index (χ3n) is 6.26. The predicted molar refractivity (Wildman–Crippen MR) is 136 cm³/mol. The quantitative estimate of drug-likeness (QED) is 0.484. The fourth-order valence-corrected chi connectivity index (χ4v) is 5.41. The standard InChI is InChI=1S/C25H21Cl4NO5/c1-34-13-8-12-6-7-30(24(31)15-10-18(27)19(28)11-16(15)25(32)33)23(21(12)20(9-13)35-2)14-4-3-5-17(26)22(14)29/h3-5,8-11,15-16,23H,6-7H2,1-2H3,(H,32,33). The van der Waals surface area contributed by atoms with Gasteiger partial charge in [-0.2, -0.15) is 0 Å². The van der Waals surface area contributed by atoms with Gasteiger partial charge in [0.1, 0.15) is 11.5 Å². The Morgan fingerprint density at radius 2 is 1.69 bits per heavy atom. The van der Waals surface area contributed by atoms with Crippen LogP contribution in [0.1, 0.15) is 22.7 Å². The molecular weight excluding hydrogens is 536 g/mol. The van der Waals surface area contributed by atoms with Crippen LogP contribution in [0.4, 0.5) is 0 Å². The van der Waals surface area contributed by atoms with Crippen molar-refractivity contribution in [1.29, 1.82) is 0 Å². The Kier molecular flexibility index (Phi) is 7.57. The molecule has 0 radical (unpaired) electrons. The SMILES string of the molecule is COc1cc2c(c(OC)c1)C(c1cccc(Cl)c1Cl)N(C(=O)C1C=C(Cl)C(Cl)=CC1C(=O)O)CC2. The number of carbonyl (C=O) groups is 2. The topological polar surface area (TPSA) is 76.1 Å². The highest BCUT2D eigenvalue weighted by molar-refractivity contribution is 6.44. The van der Waals surface area contributed by atoms with Crippen LogP contribution in [0, 0.1) is 11.8 Å². The lowest BCUT2D eigenvalue weighted by Gasteiger charge is -2.41. The third kappa shape index (κ3) is 4.73. The molecule has 1 amide bonds. The van der Waals surface area contributed by atoms with Crippen molar-refractivity contribution in [2.24, 2.45) is 11.8 Å². The van der Waals surface area contributed by atoms with Crippen molar-refractivity contribution in [1.82, 2.24) is 4.90 Å². The first kappa shape index (κ1) is 25.7. The summed E-state index contributed by atoms with van der Waals surface area (Å²) in [6.45, 7) is 0.293. The molecule has 2 aromatic rings. The molecule has 0 saturated carbocycles. The van der Waals surface area contributed by atoms with Gasteiger partial charge in [0.25, 0.3) is 0 Å². The molecule has 1 aliphatic heterocycles. The van der Waals surface area contributed by atoms with Crippen molar-refractivity contribution in [2.45, 2.75) is 12.5 Å². The van der Waals surface area contributed by atoms with Gasteiger partial charge in [-0.25, -0.2) is 0 Å². The number of carboxylic acid groups (broad SMARTS) is 1.